The Labute approximate surface area is 191 Å². The molecule has 0 saturated heterocycles. The smallest absolute Gasteiger partial charge is 0.159 e. The summed E-state index contributed by atoms with van der Waals surface area (Å²) in [6.45, 7) is 7.63. The fourth-order valence-corrected chi connectivity index (χ4v) is 3.84. The van der Waals surface area contributed by atoms with Crippen LogP contribution < -0.4 is 4.74 Å². The van der Waals surface area contributed by atoms with Gasteiger partial charge in [0.2, 0.25) is 0 Å². The van der Waals surface area contributed by atoms with Gasteiger partial charge < -0.3 is 4.74 Å². The summed E-state index contributed by atoms with van der Waals surface area (Å²) in [4.78, 5) is 9.00. The SMILES string of the molecule is CCCCCCCCOc1cnc(-c2ccc(CCCCCCCC(C)C)cc2)nc1. The summed E-state index contributed by atoms with van der Waals surface area (Å²) in [6, 6.07) is 8.73. The summed E-state index contributed by atoms with van der Waals surface area (Å²) in [6.07, 6.45) is 20.5. The summed E-state index contributed by atoms with van der Waals surface area (Å²) in [5, 5.41) is 0. The highest BCUT2D eigenvalue weighted by Gasteiger charge is 2.03. The van der Waals surface area contributed by atoms with Gasteiger partial charge in [-0.1, -0.05) is 109 Å². The van der Waals surface area contributed by atoms with Gasteiger partial charge in [-0.25, -0.2) is 9.97 Å². The highest BCUT2D eigenvalue weighted by molar-refractivity contribution is 5.55. The van der Waals surface area contributed by atoms with Crippen LogP contribution in [0.4, 0.5) is 0 Å². The van der Waals surface area contributed by atoms with E-state index in [9.17, 15) is 0 Å². The molecule has 0 bridgehead atoms. The fourth-order valence-electron chi connectivity index (χ4n) is 3.84. The minimum Gasteiger partial charge on any atom is -0.490 e. The van der Waals surface area contributed by atoms with Crippen LogP contribution in [0.15, 0.2) is 36.7 Å². The summed E-state index contributed by atoms with van der Waals surface area (Å²) < 4.78 is 5.79. The van der Waals surface area contributed by atoms with Crippen molar-refractivity contribution in [2.75, 3.05) is 6.61 Å². The van der Waals surface area contributed by atoms with Crippen LogP contribution in [-0.2, 0) is 6.42 Å². The van der Waals surface area contributed by atoms with E-state index in [0.29, 0.717) is 0 Å². The van der Waals surface area contributed by atoms with Gasteiger partial charge in [-0.2, -0.15) is 0 Å². The van der Waals surface area contributed by atoms with E-state index < -0.39 is 0 Å². The van der Waals surface area contributed by atoms with Gasteiger partial charge in [-0.3, -0.25) is 0 Å². The second kappa shape index (κ2) is 15.8. The number of hydrogen-bond donors (Lipinski definition) is 0. The maximum Gasteiger partial charge on any atom is 0.159 e. The Morgan fingerprint density at radius 3 is 2.03 bits per heavy atom. The van der Waals surface area contributed by atoms with Gasteiger partial charge in [-0.15, -0.1) is 0 Å². The Morgan fingerprint density at radius 1 is 0.742 bits per heavy atom. The van der Waals surface area contributed by atoms with E-state index in [0.717, 1.165) is 42.5 Å². The largest absolute Gasteiger partial charge is 0.490 e. The zero-order chi connectivity index (χ0) is 22.2. The molecule has 2 rings (SSSR count). The van der Waals surface area contributed by atoms with Crippen molar-refractivity contribution >= 4 is 0 Å². The minimum atomic E-state index is 0.751. The summed E-state index contributed by atoms with van der Waals surface area (Å²) in [5.41, 5.74) is 2.48. The number of hydrogen-bond acceptors (Lipinski definition) is 3. The lowest BCUT2D eigenvalue weighted by molar-refractivity contribution is 0.302. The third-order valence-electron chi connectivity index (χ3n) is 5.85. The van der Waals surface area contributed by atoms with E-state index in [1.807, 2.05) is 0 Å². The Hall–Kier alpha value is -1.90. The summed E-state index contributed by atoms with van der Waals surface area (Å²) in [7, 11) is 0. The molecule has 3 heteroatoms. The predicted molar refractivity (Wildman–Crippen MR) is 133 cm³/mol. The third-order valence-corrected chi connectivity index (χ3v) is 5.85. The van der Waals surface area contributed by atoms with Gasteiger partial charge in [0.1, 0.15) is 0 Å². The van der Waals surface area contributed by atoms with Crippen LogP contribution in [0.1, 0.15) is 103 Å². The van der Waals surface area contributed by atoms with Crippen LogP contribution in [0.3, 0.4) is 0 Å². The molecule has 0 amide bonds. The van der Waals surface area contributed by atoms with Crippen molar-refractivity contribution < 1.29 is 4.74 Å². The Morgan fingerprint density at radius 2 is 1.35 bits per heavy atom. The molecule has 0 atom stereocenters. The molecule has 1 aromatic heterocycles. The molecule has 3 nitrogen and oxygen atoms in total. The van der Waals surface area contributed by atoms with Crippen molar-refractivity contribution in [3.05, 3.63) is 42.2 Å². The molecule has 2 aromatic rings. The first-order chi connectivity index (χ1) is 15.2. The number of benzene rings is 1. The Kier molecular flexibility index (Phi) is 13.0. The topological polar surface area (TPSA) is 35.0 Å². The lowest BCUT2D eigenvalue weighted by Crippen LogP contribution is -1.99. The lowest BCUT2D eigenvalue weighted by Gasteiger charge is -2.07. The van der Waals surface area contributed by atoms with Crippen molar-refractivity contribution in [1.82, 2.24) is 9.97 Å². The molecule has 1 aromatic carbocycles. The molecule has 0 aliphatic carbocycles. The first-order valence-electron chi connectivity index (χ1n) is 12.7. The van der Waals surface area contributed by atoms with Crippen LogP contribution in [0, 0.1) is 5.92 Å². The van der Waals surface area contributed by atoms with Gasteiger partial charge in [-0.05, 0) is 30.7 Å². The first-order valence-corrected chi connectivity index (χ1v) is 12.7. The third kappa shape index (κ3) is 11.3. The second-order valence-electron chi connectivity index (χ2n) is 9.26. The molecule has 0 spiro atoms. The quantitative estimate of drug-likeness (QED) is 0.239. The Balaban J connectivity index is 1.64. The van der Waals surface area contributed by atoms with Gasteiger partial charge >= 0.3 is 0 Å². The monoisotopic (exact) mass is 424 g/mol. The molecule has 0 unspecified atom stereocenters. The lowest BCUT2D eigenvalue weighted by atomic mass is 10.0. The van der Waals surface area contributed by atoms with Crippen LogP contribution in [0.25, 0.3) is 11.4 Å². The van der Waals surface area contributed by atoms with E-state index in [2.05, 4.69) is 55.0 Å². The number of aromatic nitrogens is 2. The van der Waals surface area contributed by atoms with E-state index in [4.69, 9.17) is 4.74 Å². The molecule has 31 heavy (non-hydrogen) atoms. The van der Waals surface area contributed by atoms with Crippen LogP contribution >= 0.6 is 0 Å². The molecule has 0 aliphatic rings. The number of nitrogens with zero attached hydrogens (tertiary/aromatic N) is 2. The average molecular weight is 425 g/mol. The molecule has 0 fully saturated rings. The first kappa shape index (κ1) is 25.4. The number of aryl methyl sites for hydroxylation is 1. The molecule has 0 radical (unpaired) electrons. The van der Waals surface area contributed by atoms with Crippen LogP contribution in [-0.4, -0.2) is 16.6 Å². The standard InChI is InChI=1S/C28H44N2O/c1-4-5-6-7-11-14-21-31-27-22-29-28(30-23-27)26-19-17-25(18-20-26)16-13-10-8-9-12-15-24(2)3/h17-20,22-24H,4-16,21H2,1-3H3. The molecular weight excluding hydrogens is 380 g/mol. The van der Waals surface area contributed by atoms with Crippen molar-refractivity contribution in [3.63, 3.8) is 0 Å². The number of rotatable bonds is 17. The van der Waals surface area contributed by atoms with Crippen molar-refractivity contribution in [3.8, 4) is 17.1 Å². The van der Waals surface area contributed by atoms with Crippen molar-refractivity contribution in [2.24, 2.45) is 5.92 Å². The minimum absolute atomic E-state index is 0.751. The van der Waals surface area contributed by atoms with Gasteiger partial charge in [0.25, 0.3) is 0 Å². The normalized spacial score (nSPS) is 11.2. The van der Waals surface area contributed by atoms with Gasteiger partial charge in [0.15, 0.2) is 11.6 Å². The molecule has 0 saturated carbocycles. The zero-order valence-electron chi connectivity index (χ0n) is 20.2. The van der Waals surface area contributed by atoms with E-state index >= 15 is 0 Å². The van der Waals surface area contributed by atoms with Crippen LogP contribution in [0.5, 0.6) is 5.75 Å². The summed E-state index contributed by atoms with van der Waals surface area (Å²) in [5.74, 6) is 2.38. The average Bonchev–Trinajstić information content (AvgIpc) is 2.78. The molecule has 0 aliphatic heterocycles. The highest BCUT2D eigenvalue weighted by atomic mass is 16.5. The maximum absolute atomic E-state index is 5.79. The number of unbranched alkanes of at least 4 members (excludes halogenated alkanes) is 9. The van der Waals surface area contributed by atoms with Gasteiger partial charge in [0.05, 0.1) is 19.0 Å². The van der Waals surface area contributed by atoms with Crippen molar-refractivity contribution in [2.45, 2.75) is 104 Å². The van der Waals surface area contributed by atoms with Crippen LogP contribution in [0.2, 0.25) is 0 Å². The van der Waals surface area contributed by atoms with Gasteiger partial charge in [0, 0.05) is 5.56 Å². The summed E-state index contributed by atoms with van der Waals surface area (Å²) >= 11 is 0. The van der Waals surface area contributed by atoms with Crippen molar-refractivity contribution in [1.29, 1.82) is 0 Å². The van der Waals surface area contributed by atoms with E-state index in [-0.39, 0.29) is 0 Å². The number of ether oxygens (including phenoxy) is 1. The van der Waals surface area contributed by atoms with E-state index in [1.54, 1.807) is 12.4 Å². The zero-order valence-corrected chi connectivity index (χ0v) is 20.2. The highest BCUT2D eigenvalue weighted by Crippen LogP contribution is 2.19. The molecule has 1 heterocycles. The molecular formula is C28H44N2O. The Bertz CT molecular complexity index is 679. The molecule has 0 N–H and O–H groups in total. The second-order valence-corrected chi connectivity index (χ2v) is 9.26. The predicted octanol–water partition coefficient (Wildman–Crippen LogP) is 8.42. The van der Waals surface area contributed by atoms with E-state index in [1.165, 1.54) is 76.2 Å². The molecule has 172 valence electrons. The fraction of sp³-hybridized carbons (Fsp3) is 0.643. The maximum atomic E-state index is 5.79.